The largest absolute Gasteiger partial charge is 0.308 e. The van der Waals surface area contributed by atoms with Gasteiger partial charge in [0.15, 0.2) is 0 Å². The van der Waals surface area contributed by atoms with Crippen molar-refractivity contribution in [2.45, 2.75) is 79.3 Å². The second kappa shape index (κ2) is 6.58. The van der Waals surface area contributed by atoms with Gasteiger partial charge in [0, 0.05) is 31.2 Å². The molecular weight excluding hydrogens is 232 g/mol. The molecule has 1 N–H and O–H groups in total. The lowest BCUT2D eigenvalue weighted by atomic mass is 9.79. The smallest absolute Gasteiger partial charge is 0.0304 e. The molecule has 1 fully saturated rings. The van der Waals surface area contributed by atoms with Crippen LogP contribution in [0.2, 0.25) is 0 Å². The maximum atomic E-state index is 3.84. The van der Waals surface area contributed by atoms with Crippen LogP contribution in [0.25, 0.3) is 0 Å². The van der Waals surface area contributed by atoms with Gasteiger partial charge in [-0.3, -0.25) is 4.90 Å². The molecule has 1 aliphatic rings. The van der Waals surface area contributed by atoms with Gasteiger partial charge in [0.25, 0.3) is 0 Å². The number of nitrogens with zero attached hydrogens (tertiary/aromatic N) is 1. The summed E-state index contributed by atoms with van der Waals surface area (Å²) in [5, 5.41) is 3.84. The Hall–Kier alpha value is -0.0800. The van der Waals surface area contributed by atoms with Gasteiger partial charge in [-0.1, -0.05) is 48.5 Å². The van der Waals surface area contributed by atoms with Crippen LogP contribution in [0.15, 0.2) is 0 Å². The van der Waals surface area contributed by atoms with Crippen LogP contribution in [0.4, 0.5) is 0 Å². The Morgan fingerprint density at radius 3 is 2.21 bits per heavy atom. The van der Waals surface area contributed by atoms with Crippen molar-refractivity contribution in [2.75, 3.05) is 19.6 Å². The second-order valence-corrected chi connectivity index (χ2v) is 7.48. The molecule has 2 heteroatoms. The quantitative estimate of drug-likeness (QED) is 0.785. The molecule has 0 spiro atoms. The fourth-order valence-corrected chi connectivity index (χ4v) is 3.05. The number of nitrogens with one attached hydrogen (secondary N) is 1. The standard InChI is InChI=1S/C17H36N2/c1-8-15-11-18-17(9-2,10-3)13-19(15)12-16(6,7)14(4)5/h14-15,18H,8-13H2,1-7H3. The summed E-state index contributed by atoms with van der Waals surface area (Å²) >= 11 is 0. The zero-order valence-electron chi connectivity index (χ0n) is 14.3. The summed E-state index contributed by atoms with van der Waals surface area (Å²) in [6.45, 7) is 20.1. The molecule has 0 aromatic carbocycles. The Morgan fingerprint density at radius 2 is 1.79 bits per heavy atom. The van der Waals surface area contributed by atoms with Gasteiger partial charge < -0.3 is 5.32 Å². The molecule has 0 aromatic heterocycles. The fraction of sp³-hybridized carbons (Fsp3) is 1.00. The van der Waals surface area contributed by atoms with E-state index < -0.39 is 0 Å². The molecule has 0 saturated carbocycles. The van der Waals surface area contributed by atoms with Crippen molar-refractivity contribution in [3.63, 3.8) is 0 Å². The summed E-state index contributed by atoms with van der Waals surface area (Å²) in [5.41, 5.74) is 0.747. The highest BCUT2D eigenvalue weighted by Gasteiger charge is 2.38. The van der Waals surface area contributed by atoms with Gasteiger partial charge in [0.05, 0.1) is 0 Å². The predicted octanol–water partition coefficient (Wildman–Crippen LogP) is 3.91. The van der Waals surface area contributed by atoms with Crippen molar-refractivity contribution in [1.29, 1.82) is 0 Å². The average Bonchev–Trinajstić information content (AvgIpc) is 2.38. The molecule has 0 aliphatic carbocycles. The third-order valence-corrected chi connectivity index (χ3v) is 5.73. The molecular formula is C17H36N2. The van der Waals surface area contributed by atoms with Crippen LogP contribution < -0.4 is 5.32 Å². The van der Waals surface area contributed by atoms with Gasteiger partial charge in [-0.15, -0.1) is 0 Å². The Balaban J connectivity index is 2.81. The van der Waals surface area contributed by atoms with E-state index in [1.807, 2.05) is 0 Å². The lowest BCUT2D eigenvalue weighted by Crippen LogP contribution is -2.64. The van der Waals surface area contributed by atoms with Crippen LogP contribution in [-0.2, 0) is 0 Å². The number of hydrogen-bond acceptors (Lipinski definition) is 2. The van der Waals surface area contributed by atoms with E-state index in [1.165, 1.54) is 32.4 Å². The molecule has 1 unspecified atom stereocenters. The van der Waals surface area contributed by atoms with E-state index in [-0.39, 0.29) is 0 Å². The van der Waals surface area contributed by atoms with E-state index in [2.05, 4.69) is 58.7 Å². The Bertz CT molecular complexity index is 264. The van der Waals surface area contributed by atoms with Crippen molar-refractivity contribution < 1.29 is 0 Å². The molecule has 1 atom stereocenters. The molecule has 1 heterocycles. The highest BCUT2D eigenvalue weighted by atomic mass is 15.3. The Labute approximate surface area is 121 Å². The van der Waals surface area contributed by atoms with Gasteiger partial charge in [-0.2, -0.15) is 0 Å². The summed E-state index contributed by atoms with van der Waals surface area (Å²) in [4.78, 5) is 2.77. The first-order valence-electron chi connectivity index (χ1n) is 8.29. The second-order valence-electron chi connectivity index (χ2n) is 7.48. The van der Waals surface area contributed by atoms with E-state index in [1.54, 1.807) is 0 Å². The maximum absolute atomic E-state index is 3.84. The topological polar surface area (TPSA) is 15.3 Å². The van der Waals surface area contributed by atoms with Crippen LogP contribution in [-0.4, -0.2) is 36.1 Å². The lowest BCUT2D eigenvalue weighted by molar-refractivity contribution is 0.0278. The summed E-state index contributed by atoms with van der Waals surface area (Å²) < 4.78 is 0. The van der Waals surface area contributed by atoms with Crippen LogP contribution >= 0.6 is 0 Å². The maximum Gasteiger partial charge on any atom is 0.0304 e. The Morgan fingerprint density at radius 1 is 1.21 bits per heavy atom. The van der Waals surface area contributed by atoms with E-state index in [9.17, 15) is 0 Å². The highest BCUT2D eigenvalue weighted by Crippen LogP contribution is 2.31. The van der Waals surface area contributed by atoms with Crippen LogP contribution in [0, 0.1) is 11.3 Å². The molecule has 0 radical (unpaired) electrons. The first-order chi connectivity index (χ1) is 8.80. The van der Waals surface area contributed by atoms with Gasteiger partial charge in [-0.25, -0.2) is 0 Å². The van der Waals surface area contributed by atoms with Crippen LogP contribution in [0.5, 0.6) is 0 Å². The van der Waals surface area contributed by atoms with Gasteiger partial charge in [0.2, 0.25) is 0 Å². The summed E-state index contributed by atoms with van der Waals surface area (Å²) in [7, 11) is 0. The highest BCUT2D eigenvalue weighted by molar-refractivity contribution is 4.97. The van der Waals surface area contributed by atoms with E-state index in [0.29, 0.717) is 17.0 Å². The average molecular weight is 268 g/mol. The zero-order valence-corrected chi connectivity index (χ0v) is 14.3. The zero-order chi connectivity index (χ0) is 14.7. The molecule has 1 rings (SSSR count). The molecule has 19 heavy (non-hydrogen) atoms. The normalized spacial score (nSPS) is 24.9. The molecule has 0 aromatic rings. The van der Waals surface area contributed by atoms with E-state index in [4.69, 9.17) is 0 Å². The third-order valence-electron chi connectivity index (χ3n) is 5.73. The van der Waals surface area contributed by atoms with Crippen molar-refractivity contribution in [1.82, 2.24) is 10.2 Å². The first kappa shape index (κ1) is 17.0. The Kier molecular flexibility index (Phi) is 5.88. The minimum atomic E-state index is 0.346. The predicted molar refractivity (Wildman–Crippen MR) is 85.6 cm³/mol. The SMILES string of the molecule is CCC1CNC(CC)(CC)CN1CC(C)(C)C(C)C. The van der Waals surface area contributed by atoms with Gasteiger partial charge >= 0.3 is 0 Å². The van der Waals surface area contributed by atoms with Crippen molar-refractivity contribution in [3.05, 3.63) is 0 Å². The van der Waals surface area contributed by atoms with Crippen molar-refractivity contribution in [2.24, 2.45) is 11.3 Å². The minimum Gasteiger partial charge on any atom is -0.308 e. The number of piperazine rings is 1. The molecule has 0 amide bonds. The number of rotatable bonds is 6. The van der Waals surface area contributed by atoms with Gasteiger partial charge in [0.1, 0.15) is 0 Å². The van der Waals surface area contributed by atoms with Gasteiger partial charge in [-0.05, 0) is 30.6 Å². The van der Waals surface area contributed by atoms with E-state index >= 15 is 0 Å². The summed E-state index contributed by atoms with van der Waals surface area (Å²) in [6, 6.07) is 0.712. The minimum absolute atomic E-state index is 0.346. The number of hydrogen-bond donors (Lipinski definition) is 1. The van der Waals surface area contributed by atoms with Crippen molar-refractivity contribution >= 4 is 0 Å². The molecule has 2 nitrogen and oxygen atoms in total. The summed E-state index contributed by atoms with van der Waals surface area (Å²) in [6.07, 6.45) is 3.72. The molecule has 1 saturated heterocycles. The lowest BCUT2D eigenvalue weighted by Gasteiger charge is -2.50. The fourth-order valence-electron chi connectivity index (χ4n) is 3.05. The van der Waals surface area contributed by atoms with E-state index in [0.717, 1.165) is 12.5 Å². The van der Waals surface area contributed by atoms with Crippen molar-refractivity contribution in [3.8, 4) is 0 Å². The molecule has 1 aliphatic heterocycles. The first-order valence-corrected chi connectivity index (χ1v) is 8.29. The van der Waals surface area contributed by atoms with Crippen LogP contribution in [0.1, 0.15) is 67.7 Å². The summed E-state index contributed by atoms with van der Waals surface area (Å²) in [5.74, 6) is 0.734. The van der Waals surface area contributed by atoms with Crippen LogP contribution in [0.3, 0.4) is 0 Å². The molecule has 0 bridgehead atoms. The third kappa shape index (κ3) is 3.95. The molecule has 114 valence electrons. The monoisotopic (exact) mass is 268 g/mol.